The number of ether oxygens (including phenoxy) is 1. The Morgan fingerprint density at radius 1 is 0.949 bits per heavy atom. The van der Waals surface area contributed by atoms with E-state index in [1.807, 2.05) is 78.9 Å². The van der Waals surface area contributed by atoms with E-state index in [2.05, 4.69) is 10.3 Å². The van der Waals surface area contributed by atoms with Gasteiger partial charge >= 0.3 is 5.97 Å². The van der Waals surface area contributed by atoms with E-state index in [4.69, 9.17) is 15.9 Å². The number of nitrogen functional groups attached to an aromatic ring is 1. The maximum absolute atomic E-state index is 13.4. The molecule has 0 saturated heterocycles. The molecule has 0 spiro atoms. The molecule has 1 heterocycles. The summed E-state index contributed by atoms with van der Waals surface area (Å²) < 4.78 is 5.15. The number of carbonyl (C=O) groups is 2. The van der Waals surface area contributed by atoms with E-state index in [1.54, 1.807) is 36.5 Å². The largest absolute Gasteiger partial charge is 0.469 e. The lowest BCUT2D eigenvalue weighted by Crippen LogP contribution is -2.43. The van der Waals surface area contributed by atoms with Crippen molar-refractivity contribution in [2.75, 3.05) is 7.11 Å². The van der Waals surface area contributed by atoms with E-state index in [1.165, 1.54) is 7.11 Å². The second-order valence-electron chi connectivity index (χ2n) is 9.01. The van der Waals surface area contributed by atoms with Gasteiger partial charge in [0.05, 0.1) is 24.8 Å². The fourth-order valence-electron chi connectivity index (χ4n) is 4.25. The Kier molecular flexibility index (Phi) is 8.98. The van der Waals surface area contributed by atoms with Gasteiger partial charge in [-0.15, -0.1) is 0 Å². The summed E-state index contributed by atoms with van der Waals surface area (Å²) in [6, 6.07) is 28.9. The van der Waals surface area contributed by atoms with Gasteiger partial charge in [0, 0.05) is 22.9 Å². The zero-order valence-corrected chi connectivity index (χ0v) is 21.6. The molecule has 7 heteroatoms. The first-order valence-electron chi connectivity index (χ1n) is 12.5. The third-order valence-corrected chi connectivity index (χ3v) is 6.33. The summed E-state index contributed by atoms with van der Waals surface area (Å²) in [5, 5.41) is 10.8. The van der Waals surface area contributed by atoms with Crippen LogP contribution in [0.25, 0.3) is 17.3 Å². The van der Waals surface area contributed by atoms with Crippen molar-refractivity contribution in [3.63, 3.8) is 0 Å². The lowest BCUT2D eigenvalue weighted by Gasteiger charge is -2.24. The Morgan fingerprint density at radius 2 is 1.69 bits per heavy atom. The van der Waals surface area contributed by atoms with Gasteiger partial charge in [0.25, 0.3) is 5.91 Å². The maximum Gasteiger partial charge on any atom is 0.311 e. The van der Waals surface area contributed by atoms with Crippen molar-refractivity contribution >= 4 is 23.8 Å². The molecule has 0 fully saturated rings. The number of carbonyl (C=O) groups excluding carboxylic acids is 2. The van der Waals surface area contributed by atoms with Crippen molar-refractivity contribution in [1.82, 2.24) is 10.3 Å². The quantitative estimate of drug-likeness (QED) is 0.157. The summed E-state index contributed by atoms with van der Waals surface area (Å²) in [7, 11) is 1.33. The smallest absolute Gasteiger partial charge is 0.311 e. The Bertz CT molecular complexity index is 1450. The van der Waals surface area contributed by atoms with Crippen LogP contribution in [-0.2, 0) is 16.0 Å². The molecule has 4 aromatic rings. The zero-order valence-electron chi connectivity index (χ0n) is 21.6. The van der Waals surface area contributed by atoms with Gasteiger partial charge in [-0.1, -0.05) is 78.9 Å². The Morgan fingerprint density at radius 3 is 2.36 bits per heavy atom. The van der Waals surface area contributed by atoms with Crippen LogP contribution >= 0.6 is 0 Å². The number of hydrogen-bond donors (Lipinski definition) is 3. The molecule has 0 saturated carbocycles. The van der Waals surface area contributed by atoms with Gasteiger partial charge in [-0.05, 0) is 47.9 Å². The van der Waals surface area contributed by atoms with Gasteiger partial charge in [0.2, 0.25) is 0 Å². The van der Waals surface area contributed by atoms with Gasteiger partial charge in [-0.25, -0.2) is 0 Å². The number of rotatable bonds is 10. The number of amidine groups is 1. The maximum atomic E-state index is 13.4. The van der Waals surface area contributed by atoms with Crippen LogP contribution in [0.5, 0.6) is 0 Å². The fraction of sp³-hybridized carbons (Fsp3) is 0.125. The number of nitrogens with two attached hydrogens (primary N) is 1. The Hall–Kier alpha value is -5.04. The standard InChI is InChI=1S/C32H30N4O3/c1-39-32(38)27(21-23-10-7-11-26(20-23)30(33)34)29(18-13-22-8-3-2-4-9-22)36-31(37)25-16-14-24(15-17-25)28-12-5-6-19-35-28/h2-20,27,29H,21H2,1H3,(H3,33,34)(H,36,37). The Labute approximate surface area is 227 Å². The van der Waals surface area contributed by atoms with Crippen LogP contribution in [0.1, 0.15) is 27.0 Å². The monoisotopic (exact) mass is 518 g/mol. The summed E-state index contributed by atoms with van der Waals surface area (Å²) in [5.74, 6) is -1.57. The molecule has 1 amide bonds. The number of amides is 1. The highest BCUT2D eigenvalue weighted by Gasteiger charge is 2.29. The molecule has 0 bridgehead atoms. The number of hydrogen-bond acceptors (Lipinski definition) is 5. The minimum absolute atomic E-state index is 0.0607. The van der Waals surface area contributed by atoms with Crippen LogP contribution in [0.15, 0.2) is 109 Å². The molecule has 0 radical (unpaired) electrons. The molecule has 0 aliphatic carbocycles. The average molecular weight is 519 g/mol. The highest BCUT2D eigenvalue weighted by atomic mass is 16.5. The number of benzene rings is 3. The van der Waals surface area contributed by atoms with E-state index in [0.29, 0.717) is 11.1 Å². The third-order valence-electron chi connectivity index (χ3n) is 6.33. The van der Waals surface area contributed by atoms with E-state index in [-0.39, 0.29) is 18.2 Å². The summed E-state index contributed by atoms with van der Waals surface area (Å²) in [5.41, 5.74) is 10.1. The van der Waals surface area contributed by atoms with Gasteiger partial charge in [-0.2, -0.15) is 0 Å². The molecular weight excluding hydrogens is 488 g/mol. The van der Waals surface area contributed by atoms with E-state index in [0.717, 1.165) is 22.4 Å². The van der Waals surface area contributed by atoms with Gasteiger partial charge < -0.3 is 15.8 Å². The van der Waals surface area contributed by atoms with E-state index >= 15 is 0 Å². The van der Waals surface area contributed by atoms with Crippen molar-refractivity contribution in [3.8, 4) is 11.3 Å². The van der Waals surface area contributed by atoms with Gasteiger partial charge in [-0.3, -0.25) is 20.0 Å². The summed E-state index contributed by atoms with van der Waals surface area (Å²) >= 11 is 0. The molecule has 3 aromatic carbocycles. The zero-order chi connectivity index (χ0) is 27.6. The lowest BCUT2D eigenvalue weighted by molar-refractivity contribution is -0.145. The highest BCUT2D eigenvalue weighted by molar-refractivity contribution is 5.96. The molecule has 2 unspecified atom stereocenters. The number of aromatic nitrogens is 1. The van der Waals surface area contributed by atoms with Crippen LogP contribution in [0.3, 0.4) is 0 Å². The fourth-order valence-corrected chi connectivity index (χ4v) is 4.25. The number of pyridine rings is 1. The molecule has 0 aliphatic rings. The summed E-state index contributed by atoms with van der Waals surface area (Å²) in [4.78, 5) is 30.7. The minimum Gasteiger partial charge on any atom is -0.469 e. The third kappa shape index (κ3) is 7.26. The number of nitrogens with zero attached hydrogens (tertiary/aromatic N) is 1. The number of esters is 1. The molecule has 196 valence electrons. The Balaban J connectivity index is 1.63. The molecule has 7 nitrogen and oxygen atoms in total. The first-order chi connectivity index (χ1) is 18.9. The van der Waals surface area contributed by atoms with Crippen molar-refractivity contribution in [2.24, 2.45) is 11.7 Å². The minimum atomic E-state index is -0.728. The molecule has 4 rings (SSSR count). The molecule has 1 aromatic heterocycles. The molecule has 0 aliphatic heterocycles. The van der Waals surface area contributed by atoms with Crippen molar-refractivity contribution in [3.05, 3.63) is 132 Å². The topological polar surface area (TPSA) is 118 Å². The predicted octanol–water partition coefficient (Wildman–Crippen LogP) is 4.88. The van der Waals surface area contributed by atoms with Crippen LogP contribution < -0.4 is 11.1 Å². The second kappa shape index (κ2) is 13.0. The van der Waals surface area contributed by atoms with Crippen LogP contribution in [0, 0.1) is 11.3 Å². The molecule has 4 N–H and O–H groups in total. The van der Waals surface area contributed by atoms with Crippen molar-refractivity contribution < 1.29 is 14.3 Å². The predicted molar refractivity (Wildman–Crippen MR) is 153 cm³/mol. The van der Waals surface area contributed by atoms with Crippen molar-refractivity contribution in [2.45, 2.75) is 12.5 Å². The van der Waals surface area contributed by atoms with Crippen LogP contribution in [0.2, 0.25) is 0 Å². The normalized spacial score (nSPS) is 12.4. The van der Waals surface area contributed by atoms with Crippen molar-refractivity contribution in [1.29, 1.82) is 5.41 Å². The second-order valence-corrected chi connectivity index (χ2v) is 9.01. The number of nitrogens with one attached hydrogen (secondary N) is 2. The molecule has 2 atom stereocenters. The van der Waals surface area contributed by atoms with E-state index in [9.17, 15) is 9.59 Å². The summed E-state index contributed by atoms with van der Waals surface area (Å²) in [6.45, 7) is 0. The molecule has 39 heavy (non-hydrogen) atoms. The van der Waals surface area contributed by atoms with Crippen LogP contribution in [-0.4, -0.2) is 35.8 Å². The first-order valence-corrected chi connectivity index (χ1v) is 12.5. The summed E-state index contributed by atoms with van der Waals surface area (Å²) in [6.07, 6.45) is 5.68. The highest BCUT2D eigenvalue weighted by Crippen LogP contribution is 2.20. The number of methoxy groups -OCH3 is 1. The molecular formula is C32H30N4O3. The SMILES string of the molecule is COC(=O)C(Cc1cccc(C(=N)N)c1)C(C=Cc1ccccc1)NC(=O)c1ccc(-c2ccccn2)cc1. The lowest BCUT2D eigenvalue weighted by atomic mass is 9.90. The van der Waals surface area contributed by atoms with Crippen LogP contribution in [0.4, 0.5) is 0 Å². The van der Waals surface area contributed by atoms with E-state index < -0.39 is 17.9 Å². The average Bonchev–Trinajstić information content (AvgIpc) is 2.99. The first kappa shape index (κ1) is 27.0. The van der Waals surface area contributed by atoms with Gasteiger partial charge in [0.1, 0.15) is 5.84 Å². The van der Waals surface area contributed by atoms with Gasteiger partial charge in [0.15, 0.2) is 0 Å².